The highest BCUT2D eigenvalue weighted by molar-refractivity contribution is 7.22. The second-order valence-electron chi connectivity index (χ2n) is 7.81. The predicted octanol–water partition coefficient (Wildman–Crippen LogP) is 3.51. The Balaban J connectivity index is 6.47. The van der Waals surface area contributed by atoms with Crippen molar-refractivity contribution in [2.45, 2.75) is 62.8 Å². The average molecular weight is 295 g/mol. The van der Waals surface area contributed by atoms with Crippen molar-refractivity contribution >= 4 is 33.8 Å². The SMILES string of the molecule is [2H][Si]([2H])(OC)C([Si](C)(C)C)([Si](C)(C)C)[Si](C)(C)C. The van der Waals surface area contributed by atoms with Gasteiger partial charge in [0, 0.05) is 33.8 Å². The summed E-state index contributed by atoms with van der Waals surface area (Å²) in [5, 5.41) is 0. The Labute approximate surface area is 111 Å². The standard InChI is InChI=1S/C11H32OSi4/c1-12-13-11(14(2,3)4,15(5,6)7)16(8,9)10/h13H2,1-10H3/i13D2. The normalized spacial score (nSPS) is 18.1. The molecule has 0 spiro atoms. The van der Waals surface area contributed by atoms with Crippen LogP contribution in [0.1, 0.15) is 0 Å². The highest BCUT2D eigenvalue weighted by Crippen LogP contribution is 2.52. The summed E-state index contributed by atoms with van der Waals surface area (Å²) in [6.45, 7) is 21.2. The van der Waals surface area contributed by atoms with Gasteiger partial charge in [0.15, 0.2) is 9.63 Å². The number of rotatable bonds is 5. The number of hydrogen-bond donors (Lipinski definition) is 0. The van der Waals surface area contributed by atoms with Crippen molar-refractivity contribution in [1.29, 1.82) is 2.47 Å². The Kier molecular flexibility index (Phi) is 4.01. The fourth-order valence-electron chi connectivity index (χ4n) is 3.99. The Morgan fingerprint density at radius 1 is 0.812 bits per heavy atom. The van der Waals surface area contributed by atoms with E-state index in [-0.39, 0.29) is 3.91 Å². The molecule has 98 valence electrons. The molecule has 0 N–H and O–H groups in total. The van der Waals surface area contributed by atoms with Crippen LogP contribution in [0.3, 0.4) is 0 Å². The topological polar surface area (TPSA) is 9.23 Å². The molecule has 0 saturated heterocycles. The summed E-state index contributed by atoms with van der Waals surface area (Å²) in [5.41, 5.74) is 0. The molecule has 0 aliphatic carbocycles. The van der Waals surface area contributed by atoms with Crippen LogP contribution in [0.25, 0.3) is 0 Å². The Morgan fingerprint density at radius 3 is 1.12 bits per heavy atom. The Bertz CT molecular complexity index is 264. The van der Waals surface area contributed by atoms with Crippen LogP contribution in [-0.4, -0.2) is 43.4 Å². The molecule has 0 bridgehead atoms. The van der Waals surface area contributed by atoms with E-state index in [0.29, 0.717) is 0 Å². The zero-order valence-electron chi connectivity index (χ0n) is 14.9. The minimum absolute atomic E-state index is 0.0747. The summed E-state index contributed by atoms with van der Waals surface area (Å²) in [4.78, 5) is 0. The van der Waals surface area contributed by atoms with E-state index in [4.69, 9.17) is 6.90 Å². The van der Waals surface area contributed by atoms with Crippen LogP contribution >= 0.6 is 0 Å². The van der Waals surface area contributed by atoms with Gasteiger partial charge in [-0.25, -0.2) is 0 Å². The van der Waals surface area contributed by atoms with Crippen LogP contribution in [0.15, 0.2) is 0 Å². The Hall–Kier alpha value is 0.828. The van der Waals surface area contributed by atoms with Crippen LogP contribution in [0.5, 0.6) is 0 Å². The van der Waals surface area contributed by atoms with Gasteiger partial charge in [-0.1, -0.05) is 58.9 Å². The molecule has 0 aromatic carbocycles. The molecule has 0 aromatic rings. The quantitative estimate of drug-likeness (QED) is 0.705. The summed E-state index contributed by atoms with van der Waals surface area (Å²) in [5.74, 6) is 0. The van der Waals surface area contributed by atoms with E-state index < -0.39 is 33.8 Å². The molecule has 0 aromatic heterocycles. The minimum atomic E-state index is -3.18. The van der Waals surface area contributed by atoms with Crippen molar-refractivity contribution in [2.75, 3.05) is 7.11 Å². The first-order chi connectivity index (χ1) is 7.56. The van der Waals surface area contributed by atoms with Gasteiger partial charge in [0.1, 0.15) is 0 Å². The van der Waals surface area contributed by atoms with E-state index in [2.05, 4.69) is 58.9 Å². The van der Waals surface area contributed by atoms with Gasteiger partial charge in [-0.05, 0) is 3.91 Å². The molecule has 5 heteroatoms. The smallest absolute Gasteiger partial charge is 0.159 e. The van der Waals surface area contributed by atoms with E-state index in [1.807, 2.05) is 0 Å². The highest BCUT2D eigenvalue weighted by atomic mass is 28.5. The third-order valence-electron chi connectivity index (χ3n) is 3.63. The van der Waals surface area contributed by atoms with Gasteiger partial charge in [-0.2, -0.15) is 0 Å². The predicted molar refractivity (Wildman–Crippen MR) is 88.3 cm³/mol. The summed E-state index contributed by atoms with van der Waals surface area (Å²) in [6.07, 6.45) is 0. The van der Waals surface area contributed by atoms with Crippen molar-refractivity contribution in [3.8, 4) is 0 Å². The average Bonchev–Trinajstić information content (AvgIpc) is 1.94. The molecule has 0 aliphatic rings. The second kappa shape index (κ2) is 4.83. The zero-order valence-corrected chi connectivity index (χ0v) is 16.9. The van der Waals surface area contributed by atoms with Crippen molar-refractivity contribution in [2.24, 2.45) is 0 Å². The fourth-order valence-corrected chi connectivity index (χ4v) is 35.9. The van der Waals surface area contributed by atoms with E-state index in [0.717, 1.165) is 0 Å². The lowest BCUT2D eigenvalue weighted by Gasteiger charge is -2.58. The molecule has 0 atom stereocenters. The van der Waals surface area contributed by atoms with Crippen molar-refractivity contribution < 1.29 is 4.43 Å². The molecular weight excluding hydrogens is 260 g/mol. The molecule has 0 aliphatic heterocycles. The fraction of sp³-hybridized carbons (Fsp3) is 1.00. The van der Waals surface area contributed by atoms with Crippen molar-refractivity contribution in [3.05, 3.63) is 0 Å². The highest BCUT2D eigenvalue weighted by Gasteiger charge is 2.59. The van der Waals surface area contributed by atoms with Crippen LogP contribution in [0.4, 0.5) is 0 Å². The van der Waals surface area contributed by atoms with E-state index in [1.165, 1.54) is 0 Å². The molecular formula is C11H32OSi4. The first kappa shape index (κ1) is 13.3. The first-order valence-electron chi connectivity index (χ1n) is 7.11. The summed E-state index contributed by atoms with van der Waals surface area (Å²) < 4.78 is 23.0. The largest absolute Gasteiger partial charge is 0.427 e. The van der Waals surface area contributed by atoms with E-state index in [9.17, 15) is 0 Å². The lowest BCUT2D eigenvalue weighted by Crippen LogP contribution is -2.68. The van der Waals surface area contributed by atoms with Crippen LogP contribution in [0.2, 0.25) is 62.8 Å². The lowest BCUT2D eigenvalue weighted by atomic mass is 11.6. The Morgan fingerprint density at radius 2 is 1.06 bits per heavy atom. The summed E-state index contributed by atoms with van der Waals surface area (Å²) in [6, 6.07) is 0. The monoisotopic (exact) mass is 294 g/mol. The number of hydrogen-bond acceptors (Lipinski definition) is 1. The molecule has 0 heterocycles. The van der Waals surface area contributed by atoms with Gasteiger partial charge in [-0.3, -0.25) is 0 Å². The van der Waals surface area contributed by atoms with Crippen LogP contribution in [-0.2, 0) is 4.43 Å². The molecule has 0 amide bonds. The second-order valence-corrected chi connectivity index (χ2v) is 27.9. The molecule has 0 saturated carbocycles. The molecule has 0 rings (SSSR count). The van der Waals surface area contributed by atoms with Crippen LogP contribution in [0, 0.1) is 0 Å². The third kappa shape index (κ3) is 2.80. The maximum absolute atomic E-state index is 8.73. The van der Waals surface area contributed by atoms with Gasteiger partial charge in [0.25, 0.3) is 0 Å². The van der Waals surface area contributed by atoms with Gasteiger partial charge in [-0.15, -0.1) is 0 Å². The van der Waals surface area contributed by atoms with Gasteiger partial charge in [0.05, 0.1) is 0 Å². The third-order valence-corrected chi connectivity index (χ3v) is 32.1. The van der Waals surface area contributed by atoms with Crippen LogP contribution < -0.4 is 0 Å². The molecule has 1 nitrogen and oxygen atoms in total. The maximum atomic E-state index is 8.73. The lowest BCUT2D eigenvalue weighted by molar-refractivity contribution is 0.438. The van der Waals surface area contributed by atoms with Gasteiger partial charge < -0.3 is 4.43 Å². The van der Waals surface area contributed by atoms with Gasteiger partial charge in [0.2, 0.25) is 0 Å². The molecule has 0 fully saturated rings. The van der Waals surface area contributed by atoms with E-state index in [1.54, 1.807) is 7.11 Å². The minimum Gasteiger partial charge on any atom is -0.427 e. The zero-order chi connectivity index (χ0) is 15.2. The van der Waals surface area contributed by atoms with Gasteiger partial charge >= 0.3 is 0 Å². The molecule has 0 unspecified atom stereocenters. The molecule has 16 heavy (non-hydrogen) atoms. The summed E-state index contributed by atoms with van der Waals surface area (Å²) in [7, 11) is -6.62. The summed E-state index contributed by atoms with van der Waals surface area (Å²) >= 11 is 0. The van der Waals surface area contributed by atoms with Crippen molar-refractivity contribution in [1.82, 2.24) is 0 Å². The van der Waals surface area contributed by atoms with E-state index >= 15 is 0 Å². The van der Waals surface area contributed by atoms with Crippen molar-refractivity contribution in [3.63, 3.8) is 0 Å². The first-order valence-corrected chi connectivity index (χ1v) is 17.5. The molecule has 0 radical (unpaired) electrons. The maximum Gasteiger partial charge on any atom is 0.159 e.